The standard InChI is InChI=1S/C21H25NO4/c1-12(25-20(24)14-5-4-8-22-11-14)6-7-16-17-9-15-13(2)19(23)26-18(15)10-21(16,17)3/h4-5,8,11-12,15-18H,2,6-7,9-10H2,1,3H3/t12?,15-,16?,17+,18-,21-/m1/s1. The van der Waals surface area contributed by atoms with Gasteiger partial charge in [-0.2, -0.15) is 0 Å². The average molecular weight is 355 g/mol. The first-order chi connectivity index (χ1) is 12.4. The molecule has 0 spiro atoms. The third kappa shape index (κ3) is 2.83. The van der Waals surface area contributed by atoms with Gasteiger partial charge in [0, 0.05) is 23.9 Å². The minimum Gasteiger partial charge on any atom is -0.459 e. The van der Waals surface area contributed by atoms with Crippen LogP contribution in [0.15, 0.2) is 36.7 Å². The van der Waals surface area contributed by atoms with Gasteiger partial charge in [0.2, 0.25) is 0 Å². The Balaban J connectivity index is 1.29. The Morgan fingerprint density at radius 3 is 3.08 bits per heavy atom. The zero-order chi connectivity index (χ0) is 18.5. The molecule has 6 atom stereocenters. The van der Waals surface area contributed by atoms with Crippen molar-refractivity contribution < 1.29 is 19.1 Å². The van der Waals surface area contributed by atoms with E-state index >= 15 is 0 Å². The number of hydrogen-bond donors (Lipinski definition) is 0. The highest BCUT2D eigenvalue weighted by atomic mass is 16.6. The van der Waals surface area contributed by atoms with Crippen LogP contribution in [0.25, 0.3) is 0 Å². The number of rotatable bonds is 5. The molecule has 0 aromatic carbocycles. The Hall–Kier alpha value is -2.17. The van der Waals surface area contributed by atoms with Crippen LogP contribution < -0.4 is 0 Å². The SMILES string of the molecule is C=C1C(=O)O[C@@H]2C[C@]3(C)C(CCC(C)OC(=O)c4cccnc4)[C@@H]3C[C@H]12. The number of pyridine rings is 1. The van der Waals surface area contributed by atoms with Crippen molar-refractivity contribution in [3.63, 3.8) is 0 Å². The summed E-state index contributed by atoms with van der Waals surface area (Å²) in [5.74, 6) is 0.905. The number of nitrogens with zero attached hydrogens (tertiary/aromatic N) is 1. The molecule has 0 bridgehead atoms. The molecule has 2 aliphatic carbocycles. The highest BCUT2D eigenvalue weighted by Crippen LogP contribution is 2.70. The lowest BCUT2D eigenvalue weighted by molar-refractivity contribution is -0.140. The van der Waals surface area contributed by atoms with E-state index in [0.717, 1.165) is 25.7 Å². The van der Waals surface area contributed by atoms with Gasteiger partial charge in [-0.25, -0.2) is 9.59 Å². The molecule has 2 saturated carbocycles. The topological polar surface area (TPSA) is 65.5 Å². The lowest BCUT2D eigenvalue weighted by Gasteiger charge is -2.27. The molecule has 0 N–H and O–H groups in total. The van der Waals surface area contributed by atoms with Crippen LogP contribution in [0.3, 0.4) is 0 Å². The summed E-state index contributed by atoms with van der Waals surface area (Å²) in [6.07, 6.45) is 6.86. The molecule has 0 amide bonds. The number of aromatic nitrogens is 1. The van der Waals surface area contributed by atoms with E-state index in [1.165, 1.54) is 6.20 Å². The second kappa shape index (κ2) is 6.22. The largest absolute Gasteiger partial charge is 0.459 e. The molecule has 1 saturated heterocycles. The Morgan fingerprint density at radius 2 is 2.35 bits per heavy atom. The zero-order valence-corrected chi connectivity index (χ0v) is 15.3. The van der Waals surface area contributed by atoms with Crippen LogP contribution in [-0.4, -0.2) is 29.1 Å². The predicted molar refractivity (Wildman–Crippen MR) is 95.2 cm³/mol. The van der Waals surface area contributed by atoms with Crippen LogP contribution in [0, 0.1) is 23.2 Å². The van der Waals surface area contributed by atoms with Crippen molar-refractivity contribution in [2.24, 2.45) is 23.2 Å². The summed E-state index contributed by atoms with van der Waals surface area (Å²) >= 11 is 0. The molecule has 1 aromatic heterocycles. The summed E-state index contributed by atoms with van der Waals surface area (Å²) in [6, 6.07) is 3.44. The Labute approximate surface area is 153 Å². The molecular formula is C21H25NO4. The molecule has 5 nitrogen and oxygen atoms in total. The molecule has 4 rings (SSSR count). The van der Waals surface area contributed by atoms with Gasteiger partial charge in [-0.05, 0) is 62.0 Å². The number of ether oxygens (including phenoxy) is 2. The lowest BCUT2D eigenvalue weighted by Crippen LogP contribution is -2.26. The van der Waals surface area contributed by atoms with Gasteiger partial charge in [0.05, 0.1) is 11.7 Å². The highest BCUT2D eigenvalue weighted by molar-refractivity contribution is 5.91. The Bertz CT molecular complexity index is 746. The molecule has 3 aliphatic rings. The van der Waals surface area contributed by atoms with Crippen molar-refractivity contribution in [1.82, 2.24) is 4.98 Å². The molecule has 2 unspecified atom stereocenters. The number of fused-ring (bicyclic) bond motifs is 2. The van der Waals surface area contributed by atoms with E-state index in [4.69, 9.17) is 9.47 Å². The van der Waals surface area contributed by atoms with Crippen LogP contribution in [0.1, 0.15) is 49.9 Å². The van der Waals surface area contributed by atoms with Gasteiger partial charge in [0.25, 0.3) is 0 Å². The number of esters is 2. The normalized spacial score (nSPS) is 35.9. The fraction of sp³-hybridized carbons (Fsp3) is 0.571. The lowest BCUT2D eigenvalue weighted by atomic mass is 9.79. The van der Waals surface area contributed by atoms with Crippen molar-refractivity contribution in [3.05, 3.63) is 42.2 Å². The zero-order valence-electron chi connectivity index (χ0n) is 15.3. The second-order valence-electron chi connectivity index (χ2n) is 8.27. The number of carbonyl (C=O) groups excluding carboxylic acids is 2. The summed E-state index contributed by atoms with van der Waals surface area (Å²) in [7, 11) is 0. The van der Waals surface area contributed by atoms with Crippen LogP contribution in [-0.2, 0) is 14.3 Å². The van der Waals surface area contributed by atoms with Gasteiger partial charge in [0.1, 0.15) is 6.10 Å². The van der Waals surface area contributed by atoms with Crippen molar-refractivity contribution in [1.29, 1.82) is 0 Å². The maximum atomic E-state index is 12.1. The van der Waals surface area contributed by atoms with Crippen LogP contribution in [0.2, 0.25) is 0 Å². The van der Waals surface area contributed by atoms with E-state index in [1.807, 2.05) is 6.92 Å². The fourth-order valence-corrected chi connectivity index (χ4v) is 5.09. The molecule has 138 valence electrons. The molecule has 3 fully saturated rings. The van der Waals surface area contributed by atoms with Gasteiger partial charge < -0.3 is 9.47 Å². The Morgan fingerprint density at radius 1 is 1.54 bits per heavy atom. The first-order valence-electron chi connectivity index (χ1n) is 9.41. The monoisotopic (exact) mass is 355 g/mol. The molecule has 0 radical (unpaired) electrons. The van der Waals surface area contributed by atoms with E-state index in [2.05, 4.69) is 18.5 Å². The van der Waals surface area contributed by atoms with E-state index in [-0.39, 0.29) is 35.5 Å². The summed E-state index contributed by atoms with van der Waals surface area (Å²) in [6.45, 7) is 8.17. The van der Waals surface area contributed by atoms with Gasteiger partial charge in [-0.1, -0.05) is 13.5 Å². The van der Waals surface area contributed by atoms with Gasteiger partial charge in [0.15, 0.2) is 0 Å². The second-order valence-corrected chi connectivity index (χ2v) is 8.27. The molecule has 5 heteroatoms. The first kappa shape index (κ1) is 17.3. The van der Waals surface area contributed by atoms with Gasteiger partial charge in [-0.3, -0.25) is 4.98 Å². The van der Waals surface area contributed by atoms with Crippen molar-refractivity contribution in [2.75, 3.05) is 0 Å². The summed E-state index contributed by atoms with van der Waals surface area (Å²) in [4.78, 5) is 27.8. The molecule has 26 heavy (non-hydrogen) atoms. The molecule has 2 heterocycles. The number of carbonyl (C=O) groups is 2. The van der Waals surface area contributed by atoms with E-state index in [0.29, 0.717) is 23.0 Å². The van der Waals surface area contributed by atoms with Gasteiger partial charge >= 0.3 is 11.9 Å². The molecule has 1 aromatic rings. The maximum absolute atomic E-state index is 12.1. The van der Waals surface area contributed by atoms with Crippen LogP contribution in [0.5, 0.6) is 0 Å². The fourth-order valence-electron chi connectivity index (χ4n) is 5.09. The Kier molecular flexibility index (Phi) is 4.13. The minimum absolute atomic E-state index is 0.0158. The number of hydrogen-bond acceptors (Lipinski definition) is 5. The predicted octanol–water partition coefficient (Wildman–Crippen LogP) is 3.55. The summed E-state index contributed by atoms with van der Waals surface area (Å²) < 4.78 is 11.0. The van der Waals surface area contributed by atoms with Crippen LogP contribution in [0.4, 0.5) is 0 Å². The van der Waals surface area contributed by atoms with Crippen LogP contribution >= 0.6 is 0 Å². The first-order valence-corrected chi connectivity index (χ1v) is 9.41. The van der Waals surface area contributed by atoms with E-state index < -0.39 is 0 Å². The van der Waals surface area contributed by atoms with Crippen molar-refractivity contribution >= 4 is 11.9 Å². The smallest absolute Gasteiger partial charge is 0.339 e. The highest BCUT2D eigenvalue weighted by Gasteiger charge is 2.66. The third-order valence-electron chi connectivity index (χ3n) is 6.73. The van der Waals surface area contributed by atoms with Crippen molar-refractivity contribution in [3.8, 4) is 0 Å². The third-order valence-corrected chi connectivity index (χ3v) is 6.73. The molecular weight excluding hydrogens is 330 g/mol. The van der Waals surface area contributed by atoms with E-state index in [1.54, 1.807) is 18.3 Å². The minimum atomic E-state index is -0.317. The molecule has 1 aliphatic heterocycles. The summed E-state index contributed by atoms with van der Waals surface area (Å²) in [5.41, 5.74) is 1.39. The van der Waals surface area contributed by atoms with Gasteiger partial charge in [-0.15, -0.1) is 0 Å². The quantitative estimate of drug-likeness (QED) is 0.597. The van der Waals surface area contributed by atoms with E-state index in [9.17, 15) is 9.59 Å². The average Bonchev–Trinajstić information content (AvgIpc) is 3.10. The maximum Gasteiger partial charge on any atom is 0.339 e. The summed E-state index contributed by atoms with van der Waals surface area (Å²) in [5, 5.41) is 0. The van der Waals surface area contributed by atoms with Crippen molar-refractivity contribution in [2.45, 2.75) is 51.7 Å².